The summed E-state index contributed by atoms with van der Waals surface area (Å²) < 4.78 is 24.6. The third-order valence-electron chi connectivity index (χ3n) is 2.54. The molecule has 1 aliphatic heterocycles. The highest BCUT2D eigenvalue weighted by Gasteiger charge is 2.23. The number of amides is 1. The first kappa shape index (κ1) is 13.9. The molecule has 0 atom stereocenters. The first-order valence-corrected chi connectivity index (χ1v) is 8.24. The molecule has 5 nitrogen and oxygen atoms in total. The van der Waals surface area contributed by atoms with Gasteiger partial charge in [0.1, 0.15) is 0 Å². The summed E-state index contributed by atoms with van der Waals surface area (Å²) in [6, 6.07) is -0.0250. The van der Waals surface area contributed by atoms with E-state index < -0.39 is 10.0 Å². The van der Waals surface area contributed by atoms with Crippen LogP contribution in [0.3, 0.4) is 0 Å². The van der Waals surface area contributed by atoms with Gasteiger partial charge in [-0.15, -0.1) is 0 Å². The van der Waals surface area contributed by atoms with E-state index in [0.717, 1.165) is 6.26 Å². The van der Waals surface area contributed by atoms with Gasteiger partial charge in [0.15, 0.2) is 0 Å². The number of sulfonamides is 1. The summed E-state index contributed by atoms with van der Waals surface area (Å²) in [7, 11) is -3.13. The molecule has 0 spiro atoms. The van der Waals surface area contributed by atoms with Gasteiger partial charge in [-0.25, -0.2) is 13.1 Å². The molecule has 1 amide bonds. The van der Waals surface area contributed by atoms with Gasteiger partial charge in [0.2, 0.25) is 15.9 Å². The second kappa shape index (κ2) is 5.97. The van der Waals surface area contributed by atoms with Crippen LogP contribution in [0.5, 0.6) is 0 Å². The number of hydrogen-bond acceptors (Lipinski definition) is 3. The third-order valence-corrected chi connectivity index (χ3v) is 3.69. The summed E-state index contributed by atoms with van der Waals surface area (Å²) in [6.07, 6.45) is 3.06. The van der Waals surface area contributed by atoms with E-state index in [2.05, 4.69) is 20.7 Å². The van der Waals surface area contributed by atoms with Crippen molar-refractivity contribution in [2.24, 2.45) is 0 Å². The summed E-state index contributed by atoms with van der Waals surface area (Å²) in [5, 5.41) is 0.674. The number of likely N-dealkylation sites (tertiary alicyclic amines) is 1. The lowest BCUT2D eigenvalue weighted by atomic mass is 10.1. The molecule has 1 saturated heterocycles. The van der Waals surface area contributed by atoms with Crippen molar-refractivity contribution < 1.29 is 13.2 Å². The topological polar surface area (TPSA) is 66.5 Å². The van der Waals surface area contributed by atoms with E-state index in [1.807, 2.05) is 0 Å². The molecule has 0 bridgehead atoms. The monoisotopic (exact) mass is 312 g/mol. The predicted octanol–water partition coefficient (Wildman–Crippen LogP) is 0.312. The molecule has 0 aromatic heterocycles. The van der Waals surface area contributed by atoms with Crippen molar-refractivity contribution in [3.8, 4) is 0 Å². The fraction of sp³-hybridized carbons (Fsp3) is 0.889. The Hall–Kier alpha value is -0.140. The van der Waals surface area contributed by atoms with Crippen LogP contribution in [0.25, 0.3) is 0 Å². The van der Waals surface area contributed by atoms with Crippen molar-refractivity contribution in [1.29, 1.82) is 0 Å². The van der Waals surface area contributed by atoms with Crippen LogP contribution in [-0.4, -0.2) is 49.9 Å². The van der Waals surface area contributed by atoms with Gasteiger partial charge in [-0.1, -0.05) is 15.9 Å². The average molecular weight is 313 g/mol. The SMILES string of the molecule is CS(=O)(=O)NC1CCN(C(=O)CCBr)CC1. The molecule has 0 saturated carbocycles. The molecule has 0 radical (unpaired) electrons. The second-order valence-corrected chi connectivity index (χ2v) is 6.56. The molecular formula is C9H17BrN2O3S. The number of carbonyl (C=O) groups is 1. The van der Waals surface area contributed by atoms with E-state index in [1.165, 1.54) is 0 Å². The fourth-order valence-electron chi connectivity index (χ4n) is 1.79. The number of alkyl halides is 1. The summed E-state index contributed by atoms with van der Waals surface area (Å²) in [5.41, 5.74) is 0. The molecule has 0 aromatic carbocycles. The molecule has 7 heteroatoms. The van der Waals surface area contributed by atoms with Crippen LogP contribution in [0, 0.1) is 0 Å². The molecule has 1 fully saturated rings. The zero-order valence-corrected chi connectivity index (χ0v) is 11.7. The number of nitrogens with zero attached hydrogens (tertiary/aromatic N) is 1. The number of rotatable bonds is 4. The van der Waals surface area contributed by atoms with Crippen molar-refractivity contribution in [3.63, 3.8) is 0 Å². The lowest BCUT2D eigenvalue weighted by Gasteiger charge is -2.31. The summed E-state index contributed by atoms with van der Waals surface area (Å²) >= 11 is 3.23. The van der Waals surface area contributed by atoms with Gasteiger partial charge in [0.25, 0.3) is 0 Å². The summed E-state index contributed by atoms with van der Waals surface area (Å²) in [4.78, 5) is 13.3. The smallest absolute Gasteiger partial charge is 0.223 e. The Morgan fingerprint density at radius 3 is 2.44 bits per heavy atom. The minimum atomic E-state index is -3.13. The Bertz CT molecular complexity index is 337. The van der Waals surface area contributed by atoms with Gasteiger partial charge in [0, 0.05) is 30.9 Å². The highest BCUT2D eigenvalue weighted by Crippen LogP contribution is 2.12. The highest BCUT2D eigenvalue weighted by molar-refractivity contribution is 9.09. The fourth-order valence-corrected chi connectivity index (χ4v) is 2.97. The van der Waals surface area contributed by atoms with E-state index in [1.54, 1.807) is 4.90 Å². The van der Waals surface area contributed by atoms with Gasteiger partial charge >= 0.3 is 0 Å². The van der Waals surface area contributed by atoms with Crippen LogP contribution in [-0.2, 0) is 14.8 Å². The van der Waals surface area contributed by atoms with Crippen LogP contribution in [0.4, 0.5) is 0 Å². The molecule has 0 unspecified atom stereocenters. The maximum atomic E-state index is 11.5. The molecular weight excluding hydrogens is 296 g/mol. The Morgan fingerprint density at radius 1 is 1.44 bits per heavy atom. The van der Waals surface area contributed by atoms with Gasteiger partial charge in [-0.2, -0.15) is 0 Å². The number of nitrogens with one attached hydrogen (secondary N) is 1. The van der Waals surface area contributed by atoms with Crippen LogP contribution in [0.2, 0.25) is 0 Å². The van der Waals surface area contributed by atoms with E-state index >= 15 is 0 Å². The van der Waals surface area contributed by atoms with Crippen molar-refractivity contribution in [2.45, 2.75) is 25.3 Å². The molecule has 94 valence electrons. The summed E-state index contributed by atoms with van der Waals surface area (Å²) in [5.74, 6) is 0.134. The number of piperidine rings is 1. The Kier molecular flexibility index (Phi) is 5.20. The van der Waals surface area contributed by atoms with Gasteiger partial charge < -0.3 is 4.90 Å². The maximum absolute atomic E-state index is 11.5. The van der Waals surface area contributed by atoms with E-state index in [0.29, 0.717) is 37.7 Å². The quantitative estimate of drug-likeness (QED) is 0.760. The predicted molar refractivity (Wildman–Crippen MR) is 66.0 cm³/mol. The average Bonchev–Trinajstić information content (AvgIpc) is 2.16. The van der Waals surface area contributed by atoms with E-state index in [9.17, 15) is 13.2 Å². The van der Waals surface area contributed by atoms with Crippen LogP contribution in [0.1, 0.15) is 19.3 Å². The van der Waals surface area contributed by atoms with Crippen molar-refractivity contribution in [2.75, 3.05) is 24.7 Å². The Labute approximate surface area is 105 Å². The molecule has 1 N–H and O–H groups in total. The van der Waals surface area contributed by atoms with Gasteiger partial charge in [0.05, 0.1) is 6.26 Å². The Balaban J connectivity index is 2.37. The molecule has 0 aliphatic carbocycles. The number of halogens is 1. The largest absolute Gasteiger partial charge is 0.343 e. The number of carbonyl (C=O) groups excluding carboxylic acids is 1. The lowest BCUT2D eigenvalue weighted by Crippen LogP contribution is -2.46. The summed E-state index contributed by atoms with van der Waals surface area (Å²) in [6.45, 7) is 1.28. The molecule has 16 heavy (non-hydrogen) atoms. The molecule has 0 aromatic rings. The van der Waals surface area contributed by atoms with Crippen LogP contribution >= 0.6 is 15.9 Å². The normalized spacial score (nSPS) is 18.8. The van der Waals surface area contributed by atoms with Gasteiger partial charge in [-0.3, -0.25) is 4.79 Å². The minimum absolute atomic E-state index is 0.0250. The zero-order valence-electron chi connectivity index (χ0n) is 9.28. The lowest BCUT2D eigenvalue weighted by molar-refractivity contribution is -0.131. The highest BCUT2D eigenvalue weighted by atomic mass is 79.9. The first-order chi connectivity index (χ1) is 7.42. The van der Waals surface area contributed by atoms with Crippen molar-refractivity contribution in [3.05, 3.63) is 0 Å². The van der Waals surface area contributed by atoms with Gasteiger partial charge in [-0.05, 0) is 12.8 Å². The standard InChI is InChI=1S/C9H17BrN2O3S/c1-16(14,15)11-8-3-6-12(7-4-8)9(13)2-5-10/h8,11H,2-7H2,1H3. The van der Waals surface area contributed by atoms with Crippen molar-refractivity contribution in [1.82, 2.24) is 9.62 Å². The molecule has 1 heterocycles. The molecule has 1 rings (SSSR count). The maximum Gasteiger partial charge on any atom is 0.223 e. The van der Waals surface area contributed by atoms with E-state index in [-0.39, 0.29) is 11.9 Å². The Morgan fingerprint density at radius 2 is 2.00 bits per heavy atom. The van der Waals surface area contributed by atoms with Crippen LogP contribution in [0.15, 0.2) is 0 Å². The minimum Gasteiger partial charge on any atom is -0.343 e. The third kappa shape index (κ3) is 4.80. The first-order valence-electron chi connectivity index (χ1n) is 5.23. The van der Waals surface area contributed by atoms with E-state index in [4.69, 9.17) is 0 Å². The van der Waals surface area contributed by atoms with Crippen molar-refractivity contribution >= 4 is 31.9 Å². The zero-order chi connectivity index (χ0) is 12.2. The van der Waals surface area contributed by atoms with Crippen LogP contribution < -0.4 is 4.72 Å². The second-order valence-electron chi connectivity index (χ2n) is 3.98. The molecule has 1 aliphatic rings. The number of hydrogen-bond donors (Lipinski definition) is 1.